The molecule has 3 rings (SSSR count). The van der Waals surface area contributed by atoms with Crippen LogP contribution in [0.25, 0.3) is 10.9 Å². The zero-order valence-corrected chi connectivity index (χ0v) is 15.2. The molecule has 1 unspecified atom stereocenters. The van der Waals surface area contributed by atoms with Gasteiger partial charge in [-0.2, -0.15) is 0 Å². The zero-order chi connectivity index (χ0) is 17.1. The molecule has 0 bridgehead atoms. The van der Waals surface area contributed by atoms with Gasteiger partial charge in [0.2, 0.25) is 0 Å². The fraction of sp³-hybridized carbons (Fsp3) is 0.500. The van der Waals surface area contributed by atoms with Gasteiger partial charge in [-0.15, -0.1) is 0 Å². The number of aromatic nitrogens is 1. The summed E-state index contributed by atoms with van der Waals surface area (Å²) in [7, 11) is 0. The van der Waals surface area contributed by atoms with Crippen LogP contribution in [-0.4, -0.2) is 28.3 Å². The zero-order valence-electron chi connectivity index (χ0n) is 14.5. The number of pyridine rings is 1. The Bertz CT molecular complexity index is 731. The maximum Gasteiger partial charge on any atom is 0.163 e. The minimum atomic E-state index is 0.233. The first-order valence-corrected chi connectivity index (χ1v) is 9.21. The van der Waals surface area contributed by atoms with Crippen LogP contribution in [-0.2, 0) is 0 Å². The molecule has 1 fully saturated rings. The lowest BCUT2D eigenvalue weighted by atomic mass is 9.81. The van der Waals surface area contributed by atoms with Crippen molar-refractivity contribution in [1.82, 2.24) is 9.40 Å². The van der Waals surface area contributed by atoms with Crippen LogP contribution >= 0.6 is 11.8 Å². The molecule has 2 atom stereocenters. The van der Waals surface area contributed by atoms with Crippen molar-refractivity contribution in [3.63, 3.8) is 0 Å². The highest BCUT2D eigenvalue weighted by Crippen LogP contribution is 2.31. The van der Waals surface area contributed by atoms with Crippen LogP contribution in [0.5, 0.6) is 0 Å². The first kappa shape index (κ1) is 17.4. The van der Waals surface area contributed by atoms with Gasteiger partial charge in [0.15, 0.2) is 5.78 Å². The lowest BCUT2D eigenvalue weighted by Crippen LogP contribution is -2.35. The minimum Gasteiger partial charge on any atom is -0.294 e. The van der Waals surface area contributed by atoms with Crippen molar-refractivity contribution < 1.29 is 4.79 Å². The number of benzene rings is 1. The molecule has 0 spiro atoms. The second-order valence-corrected chi connectivity index (χ2v) is 7.40. The van der Waals surface area contributed by atoms with E-state index in [9.17, 15) is 4.79 Å². The van der Waals surface area contributed by atoms with E-state index in [1.54, 1.807) is 6.20 Å². The van der Waals surface area contributed by atoms with Crippen LogP contribution in [0.2, 0.25) is 0 Å². The molecule has 1 aromatic heterocycles. The predicted octanol–water partition coefficient (Wildman–Crippen LogP) is 5.01. The monoisotopic (exact) mass is 344 g/mol. The molecule has 1 saturated heterocycles. The fourth-order valence-electron chi connectivity index (χ4n) is 3.83. The van der Waals surface area contributed by atoms with Gasteiger partial charge in [0.25, 0.3) is 0 Å². The van der Waals surface area contributed by atoms with Crippen molar-refractivity contribution >= 4 is 28.5 Å². The summed E-state index contributed by atoms with van der Waals surface area (Å²) < 4.78 is 1.89. The molecule has 1 aliphatic rings. The Morgan fingerprint density at radius 1 is 1.33 bits per heavy atom. The number of Topliss-reactive ketones (excluding diaryl/α,β-unsaturated/α-hetero) is 1. The Labute approximate surface area is 149 Å². The summed E-state index contributed by atoms with van der Waals surface area (Å²) in [6.07, 6.45) is 5.52. The summed E-state index contributed by atoms with van der Waals surface area (Å²) >= 11 is 6.15. The fourth-order valence-corrected chi connectivity index (χ4v) is 4.11. The van der Waals surface area contributed by atoms with E-state index in [0.29, 0.717) is 18.3 Å². The number of hydrogen-bond donors (Lipinski definition) is 0. The Morgan fingerprint density at radius 2 is 2.17 bits per heavy atom. The van der Waals surface area contributed by atoms with Gasteiger partial charge >= 0.3 is 0 Å². The highest BCUT2D eigenvalue weighted by molar-refractivity contribution is 6.13. The number of nitrogens with zero attached hydrogens (tertiary/aromatic N) is 2. The number of fused-ring (bicyclic) bond motifs is 1. The van der Waals surface area contributed by atoms with Gasteiger partial charge in [0, 0.05) is 36.7 Å². The molecule has 0 saturated carbocycles. The van der Waals surface area contributed by atoms with Crippen LogP contribution < -0.4 is 0 Å². The first-order valence-electron chi connectivity index (χ1n) is 8.87. The number of carbonyl (C=O) groups is 1. The maximum absolute atomic E-state index is 12.8. The second kappa shape index (κ2) is 7.62. The standard InChI is InChI=1S/C20H25ClN2O/c1-3-15-13-23(21)11-9-16(15)5-7-20(24)17-8-10-22-19-6-4-14(2)12-18(17)19/h4,6,8,10,12,15-16H,3,5,7,9,11,13H2,1-2H3/t15-,16?/m0/s1. The molecular weight excluding hydrogens is 320 g/mol. The van der Waals surface area contributed by atoms with E-state index in [1.807, 2.05) is 29.5 Å². The summed E-state index contributed by atoms with van der Waals surface area (Å²) in [5, 5.41) is 0.977. The molecule has 0 aliphatic carbocycles. The Morgan fingerprint density at radius 3 is 2.96 bits per heavy atom. The van der Waals surface area contributed by atoms with Crippen molar-refractivity contribution in [2.24, 2.45) is 11.8 Å². The predicted molar refractivity (Wildman–Crippen MR) is 99.4 cm³/mol. The van der Waals surface area contributed by atoms with Crippen molar-refractivity contribution in [2.75, 3.05) is 13.1 Å². The average Bonchev–Trinajstić information content (AvgIpc) is 2.59. The summed E-state index contributed by atoms with van der Waals surface area (Å²) in [5.74, 6) is 1.43. The van der Waals surface area contributed by atoms with E-state index in [2.05, 4.69) is 18.0 Å². The van der Waals surface area contributed by atoms with Crippen LogP contribution in [0, 0.1) is 18.8 Å². The molecule has 2 aromatic rings. The number of rotatable bonds is 5. The number of carbonyl (C=O) groups excluding carboxylic acids is 1. The van der Waals surface area contributed by atoms with Crippen LogP contribution in [0.3, 0.4) is 0 Å². The molecule has 2 heterocycles. The molecule has 24 heavy (non-hydrogen) atoms. The van der Waals surface area contributed by atoms with Gasteiger partial charge in [-0.3, -0.25) is 9.78 Å². The number of hydrogen-bond acceptors (Lipinski definition) is 3. The van der Waals surface area contributed by atoms with Gasteiger partial charge in [-0.1, -0.05) is 25.0 Å². The molecule has 1 aromatic carbocycles. The molecule has 0 N–H and O–H groups in total. The number of piperidine rings is 1. The molecule has 0 radical (unpaired) electrons. The highest BCUT2D eigenvalue weighted by Gasteiger charge is 2.27. The van der Waals surface area contributed by atoms with Gasteiger partial charge in [-0.05, 0) is 61.6 Å². The molecule has 3 nitrogen and oxygen atoms in total. The third kappa shape index (κ3) is 3.79. The van der Waals surface area contributed by atoms with E-state index >= 15 is 0 Å². The molecule has 128 valence electrons. The SMILES string of the molecule is CC[C@H]1CN(Cl)CCC1CCC(=O)c1ccnc2ccc(C)cc12. The van der Waals surface area contributed by atoms with E-state index in [4.69, 9.17) is 11.8 Å². The van der Waals surface area contributed by atoms with Gasteiger partial charge in [-0.25, -0.2) is 4.42 Å². The average molecular weight is 345 g/mol. The largest absolute Gasteiger partial charge is 0.294 e. The number of halogens is 1. The number of aryl methyl sites for hydroxylation is 1. The number of ketones is 1. The van der Waals surface area contributed by atoms with E-state index in [-0.39, 0.29) is 5.78 Å². The van der Waals surface area contributed by atoms with Gasteiger partial charge in [0.05, 0.1) is 5.52 Å². The topological polar surface area (TPSA) is 33.2 Å². The van der Waals surface area contributed by atoms with Crippen molar-refractivity contribution in [3.05, 3.63) is 41.6 Å². The Kier molecular flexibility index (Phi) is 5.52. The van der Waals surface area contributed by atoms with Gasteiger partial charge in [0.1, 0.15) is 0 Å². The van der Waals surface area contributed by atoms with Crippen molar-refractivity contribution in [3.8, 4) is 0 Å². The third-order valence-corrected chi connectivity index (χ3v) is 5.61. The quantitative estimate of drug-likeness (QED) is 0.564. The first-order chi connectivity index (χ1) is 11.6. The summed E-state index contributed by atoms with van der Waals surface area (Å²) in [5.41, 5.74) is 2.87. The normalized spacial score (nSPS) is 22.0. The van der Waals surface area contributed by atoms with Crippen LogP contribution in [0.4, 0.5) is 0 Å². The lowest BCUT2D eigenvalue weighted by Gasteiger charge is -2.34. The third-order valence-electron chi connectivity index (χ3n) is 5.31. The smallest absolute Gasteiger partial charge is 0.163 e. The lowest BCUT2D eigenvalue weighted by molar-refractivity contribution is 0.0954. The maximum atomic E-state index is 12.8. The Balaban J connectivity index is 1.72. The molecule has 1 aliphatic heterocycles. The van der Waals surface area contributed by atoms with E-state index in [0.717, 1.165) is 54.4 Å². The summed E-state index contributed by atoms with van der Waals surface area (Å²) in [4.78, 5) is 17.2. The summed E-state index contributed by atoms with van der Waals surface area (Å²) in [6.45, 7) is 6.13. The van der Waals surface area contributed by atoms with Crippen LogP contribution in [0.15, 0.2) is 30.5 Å². The summed E-state index contributed by atoms with van der Waals surface area (Å²) in [6, 6.07) is 7.96. The van der Waals surface area contributed by atoms with Crippen LogP contribution in [0.1, 0.15) is 48.5 Å². The molecular formula is C20H25ClN2O. The van der Waals surface area contributed by atoms with E-state index in [1.165, 1.54) is 0 Å². The van der Waals surface area contributed by atoms with Crippen molar-refractivity contribution in [2.45, 2.75) is 39.5 Å². The minimum absolute atomic E-state index is 0.233. The highest BCUT2D eigenvalue weighted by atomic mass is 35.5. The second-order valence-electron chi connectivity index (χ2n) is 6.93. The van der Waals surface area contributed by atoms with Crippen molar-refractivity contribution in [1.29, 1.82) is 0 Å². The van der Waals surface area contributed by atoms with Gasteiger partial charge < -0.3 is 0 Å². The Hall–Kier alpha value is -1.45. The van der Waals surface area contributed by atoms with E-state index < -0.39 is 0 Å². The molecule has 4 heteroatoms. The molecule has 0 amide bonds.